The first-order chi connectivity index (χ1) is 26.8. The molecular formula is C36H50O20. The van der Waals surface area contributed by atoms with Crippen LogP contribution >= 0.6 is 0 Å². The van der Waals surface area contributed by atoms with Crippen LogP contribution < -0.4 is 0 Å². The molecule has 0 amide bonds. The van der Waals surface area contributed by atoms with Gasteiger partial charge in [-0.05, 0) is 22.3 Å². The molecule has 0 radical (unpaired) electrons. The maximum Gasteiger partial charge on any atom is 0.152 e. The molecule has 0 unspecified atom stereocenters. The van der Waals surface area contributed by atoms with Gasteiger partial charge in [-0.3, -0.25) is 0 Å². The highest BCUT2D eigenvalue weighted by Crippen LogP contribution is 2.40. The minimum atomic E-state index is -1.79. The maximum atomic E-state index is 11.5. The van der Waals surface area contributed by atoms with E-state index in [4.69, 9.17) is 28.7 Å². The van der Waals surface area contributed by atoms with E-state index in [1.165, 1.54) is 48.5 Å². The average molecular weight is 803 g/mol. The van der Waals surface area contributed by atoms with E-state index in [2.05, 4.69) is 0 Å². The lowest BCUT2D eigenvalue weighted by Crippen LogP contribution is -2.59. The molecule has 4 aliphatic rings. The van der Waals surface area contributed by atoms with Crippen LogP contribution in [0, 0.1) is 0 Å². The Morgan fingerprint density at radius 1 is 0.357 bits per heavy atom. The Labute approximate surface area is 319 Å². The highest BCUT2D eigenvalue weighted by molar-refractivity contribution is 5.31. The standard InChI is InChI=1S/C36H50O20/c37-9-17-21(41)25(45)28(48)31(51-17)13-4-6-14(7-5-13)34-36(27(47)23(43)19(11-39)54-34)56-55-35-24(44)20(12-40)53-33(30(35)50)16-3-1-2-15(8-16)32-29(49)26(46)22(42)18(10-38)52-32/h1-8,17-50H,9-12H2/t17-,18-,19-,20-,21-,22-,23-,24-,25+,26+,27+,28+,29+,30-,31-,32-,33-,34-,35+,36+/m1/s1. The summed E-state index contributed by atoms with van der Waals surface area (Å²) in [5.41, 5.74) is 1.08. The van der Waals surface area contributed by atoms with E-state index in [9.17, 15) is 71.5 Å². The Morgan fingerprint density at radius 3 is 1.18 bits per heavy atom. The number of aliphatic hydroxyl groups excluding tert-OH is 14. The summed E-state index contributed by atoms with van der Waals surface area (Å²) in [4.78, 5) is 11.2. The molecule has 20 nitrogen and oxygen atoms in total. The lowest BCUT2D eigenvalue weighted by Gasteiger charge is -2.45. The zero-order valence-electron chi connectivity index (χ0n) is 29.7. The smallest absolute Gasteiger partial charge is 0.152 e. The van der Waals surface area contributed by atoms with Gasteiger partial charge >= 0.3 is 0 Å². The van der Waals surface area contributed by atoms with Gasteiger partial charge in [0.1, 0.15) is 116 Å². The number of ether oxygens (including phenoxy) is 4. The molecule has 0 aromatic heterocycles. The molecule has 4 fully saturated rings. The molecule has 4 heterocycles. The molecule has 4 saturated heterocycles. The van der Waals surface area contributed by atoms with Gasteiger partial charge in [-0.1, -0.05) is 48.5 Å². The van der Waals surface area contributed by atoms with Crippen LogP contribution in [0.1, 0.15) is 46.7 Å². The lowest BCUT2D eigenvalue weighted by molar-refractivity contribution is -0.427. The third-order valence-electron chi connectivity index (χ3n) is 11.0. The van der Waals surface area contributed by atoms with E-state index in [1.807, 2.05) is 0 Å². The van der Waals surface area contributed by atoms with Crippen molar-refractivity contribution in [3.8, 4) is 0 Å². The SMILES string of the molecule is OC[C@H]1O[C@H](c2ccc([C@H]3O[C@H](CO)[C@@H](O)[C@H](O)[C@@H]3OO[C@@H]3[C@H](O)[C@@H](c4cccc([C@H]5O[C@H](CO)[C@@H](O)[C@H](O)[C@@H]5O)c4)O[C@H](CO)[C@H]3O)cc2)[C@@H](O)[C@@H](O)[C@@H]1O. The van der Waals surface area contributed by atoms with Gasteiger partial charge in [0, 0.05) is 0 Å². The van der Waals surface area contributed by atoms with Crippen molar-refractivity contribution in [1.82, 2.24) is 0 Å². The van der Waals surface area contributed by atoms with Crippen LogP contribution in [-0.4, -0.2) is 196 Å². The van der Waals surface area contributed by atoms with Crippen molar-refractivity contribution in [2.75, 3.05) is 26.4 Å². The van der Waals surface area contributed by atoms with Gasteiger partial charge in [0.25, 0.3) is 0 Å². The van der Waals surface area contributed by atoms with Gasteiger partial charge in [0.15, 0.2) is 6.10 Å². The summed E-state index contributed by atoms with van der Waals surface area (Å²) in [6.07, 6.45) is -29.9. The van der Waals surface area contributed by atoms with Crippen LogP contribution in [0.5, 0.6) is 0 Å². The van der Waals surface area contributed by atoms with Gasteiger partial charge in [0.05, 0.1) is 26.4 Å². The van der Waals surface area contributed by atoms with Crippen LogP contribution in [0.4, 0.5) is 0 Å². The topological polar surface area (TPSA) is 339 Å². The number of hydrogen-bond donors (Lipinski definition) is 14. The summed E-state index contributed by atoms with van der Waals surface area (Å²) in [6, 6.07) is 11.9. The Hall–Kier alpha value is -2.36. The second-order valence-corrected chi connectivity index (χ2v) is 14.5. The van der Waals surface area contributed by atoms with Crippen molar-refractivity contribution in [3.05, 3.63) is 70.8 Å². The lowest BCUT2D eigenvalue weighted by atomic mass is 9.87. The van der Waals surface area contributed by atoms with Crippen LogP contribution in [0.15, 0.2) is 48.5 Å². The summed E-state index contributed by atoms with van der Waals surface area (Å²) < 4.78 is 23.0. The van der Waals surface area contributed by atoms with Gasteiger partial charge in [-0.25, -0.2) is 9.78 Å². The van der Waals surface area contributed by atoms with Gasteiger partial charge < -0.3 is 90.4 Å². The average Bonchev–Trinajstić information content (AvgIpc) is 3.21. The highest BCUT2D eigenvalue weighted by Gasteiger charge is 2.51. The second-order valence-electron chi connectivity index (χ2n) is 14.5. The molecule has 20 atom stereocenters. The van der Waals surface area contributed by atoms with Crippen LogP contribution in [0.3, 0.4) is 0 Å². The van der Waals surface area contributed by atoms with Gasteiger partial charge in [-0.2, -0.15) is 0 Å². The minimum absolute atomic E-state index is 0.227. The van der Waals surface area contributed by atoms with Crippen molar-refractivity contribution < 1.29 is 100 Å². The maximum absolute atomic E-state index is 11.5. The molecule has 56 heavy (non-hydrogen) atoms. The Morgan fingerprint density at radius 2 is 0.714 bits per heavy atom. The van der Waals surface area contributed by atoms with Crippen molar-refractivity contribution in [1.29, 1.82) is 0 Å². The summed E-state index contributed by atoms with van der Waals surface area (Å²) in [5.74, 6) is 0. The largest absolute Gasteiger partial charge is 0.394 e. The van der Waals surface area contributed by atoms with E-state index in [0.29, 0.717) is 5.56 Å². The van der Waals surface area contributed by atoms with E-state index < -0.39 is 149 Å². The molecule has 0 bridgehead atoms. The van der Waals surface area contributed by atoms with E-state index >= 15 is 0 Å². The third-order valence-corrected chi connectivity index (χ3v) is 11.0. The monoisotopic (exact) mass is 802 g/mol. The number of hydrogen-bond acceptors (Lipinski definition) is 20. The molecule has 20 heteroatoms. The fourth-order valence-electron chi connectivity index (χ4n) is 7.61. The number of rotatable bonds is 11. The quantitative estimate of drug-likeness (QED) is 0.0744. The predicted octanol–water partition coefficient (Wildman–Crippen LogP) is -5.59. The van der Waals surface area contributed by atoms with E-state index in [-0.39, 0.29) is 16.7 Å². The van der Waals surface area contributed by atoms with Crippen molar-refractivity contribution >= 4 is 0 Å². The molecule has 2 aromatic rings. The van der Waals surface area contributed by atoms with Crippen molar-refractivity contribution in [3.63, 3.8) is 0 Å². The Kier molecular flexibility index (Phi) is 14.1. The second kappa shape index (κ2) is 18.3. The molecule has 4 aliphatic heterocycles. The van der Waals surface area contributed by atoms with Crippen molar-refractivity contribution in [2.24, 2.45) is 0 Å². The first-order valence-electron chi connectivity index (χ1n) is 18.1. The molecule has 0 saturated carbocycles. The summed E-state index contributed by atoms with van der Waals surface area (Å²) in [7, 11) is 0. The number of benzene rings is 2. The molecule has 14 N–H and O–H groups in total. The third kappa shape index (κ3) is 8.26. The minimum Gasteiger partial charge on any atom is -0.394 e. The predicted molar refractivity (Wildman–Crippen MR) is 181 cm³/mol. The van der Waals surface area contributed by atoms with Crippen LogP contribution in [0.25, 0.3) is 0 Å². The zero-order valence-corrected chi connectivity index (χ0v) is 29.7. The Bertz CT molecular complexity index is 1550. The van der Waals surface area contributed by atoms with E-state index in [1.54, 1.807) is 0 Å². The molecule has 314 valence electrons. The molecule has 2 aromatic carbocycles. The normalized spacial score (nSPS) is 44.8. The fraction of sp³-hybridized carbons (Fsp3) is 0.667. The van der Waals surface area contributed by atoms with Crippen molar-refractivity contribution in [2.45, 2.75) is 122 Å². The summed E-state index contributed by atoms with van der Waals surface area (Å²) in [6.45, 7) is -2.77. The first-order valence-corrected chi connectivity index (χ1v) is 18.1. The van der Waals surface area contributed by atoms with Gasteiger partial charge in [-0.15, -0.1) is 0 Å². The molecule has 0 aliphatic carbocycles. The first kappa shape index (κ1) is 43.2. The number of aliphatic hydroxyl groups is 14. The van der Waals surface area contributed by atoms with Crippen LogP contribution in [-0.2, 0) is 28.7 Å². The summed E-state index contributed by atoms with van der Waals surface area (Å²) in [5, 5.41) is 146. The molecular weight excluding hydrogens is 752 g/mol. The molecule has 0 spiro atoms. The fourth-order valence-corrected chi connectivity index (χ4v) is 7.61. The van der Waals surface area contributed by atoms with E-state index in [0.717, 1.165) is 0 Å². The highest BCUT2D eigenvalue weighted by atomic mass is 17.2. The zero-order chi connectivity index (χ0) is 40.6. The van der Waals surface area contributed by atoms with Gasteiger partial charge in [0.2, 0.25) is 0 Å². The summed E-state index contributed by atoms with van der Waals surface area (Å²) >= 11 is 0. The molecule has 6 rings (SSSR count). The van der Waals surface area contributed by atoms with Crippen LogP contribution in [0.2, 0.25) is 0 Å². The Balaban J connectivity index is 1.22.